The third-order valence-electron chi connectivity index (χ3n) is 2.69. The predicted octanol–water partition coefficient (Wildman–Crippen LogP) is 4.30. The number of hydrogen-bond donors (Lipinski definition) is 1. The fraction of sp³-hybridized carbons (Fsp3) is 0.267. The van der Waals surface area contributed by atoms with Crippen molar-refractivity contribution < 1.29 is 0 Å². The molecule has 0 amide bonds. The van der Waals surface area contributed by atoms with E-state index >= 15 is 0 Å². The van der Waals surface area contributed by atoms with Crippen LogP contribution >= 0.6 is 23.4 Å². The Morgan fingerprint density at radius 3 is 2.63 bits per heavy atom. The summed E-state index contributed by atoms with van der Waals surface area (Å²) in [4.78, 5) is 5.69. The summed E-state index contributed by atoms with van der Waals surface area (Å²) in [6.07, 6.45) is 1.94. The number of aromatic nitrogens is 1. The number of rotatable bonds is 5. The quantitative estimate of drug-likeness (QED) is 0.889. The molecule has 0 fully saturated rings. The molecule has 2 nitrogen and oxygen atoms in total. The zero-order valence-corrected chi connectivity index (χ0v) is 12.7. The van der Waals surface area contributed by atoms with E-state index in [1.165, 1.54) is 11.1 Å². The van der Waals surface area contributed by atoms with Gasteiger partial charge in [0.05, 0.1) is 0 Å². The van der Waals surface area contributed by atoms with Crippen molar-refractivity contribution in [3.63, 3.8) is 0 Å². The average molecular weight is 293 g/mol. The molecular formula is C15H17ClN2S. The maximum Gasteiger partial charge on any atom is 0.104 e. The van der Waals surface area contributed by atoms with Crippen LogP contribution in [0.4, 0.5) is 0 Å². The van der Waals surface area contributed by atoms with E-state index in [2.05, 4.69) is 30.2 Å². The Hall–Kier alpha value is -1.03. The predicted molar refractivity (Wildman–Crippen MR) is 81.9 cm³/mol. The molecule has 19 heavy (non-hydrogen) atoms. The molecule has 1 N–H and O–H groups in total. The van der Waals surface area contributed by atoms with Gasteiger partial charge in [0.2, 0.25) is 0 Å². The third kappa shape index (κ3) is 4.23. The van der Waals surface area contributed by atoms with Crippen molar-refractivity contribution >= 4 is 23.4 Å². The molecule has 1 aromatic heterocycles. The number of halogens is 1. The maximum atomic E-state index is 5.88. The molecule has 2 aromatic rings. The maximum absolute atomic E-state index is 5.88. The molecule has 0 unspecified atom stereocenters. The van der Waals surface area contributed by atoms with Crippen LogP contribution < -0.4 is 5.32 Å². The van der Waals surface area contributed by atoms with Crippen molar-refractivity contribution in [2.75, 3.05) is 6.54 Å². The molecule has 0 radical (unpaired) electrons. The van der Waals surface area contributed by atoms with Crippen LogP contribution in [0.3, 0.4) is 0 Å². The number of aryl methyl sites for hydroxylation is 1. The summed E-state index contributed by atoms with van der Waals surface area (Å²) in [5.74, 6) is 0. The molecule has 1 heterocycles. The fourth-order valence-corrected chi connectivity index (χ4v) is 2.65. The zero-order valence-electron chi connectivity index (χ0n) is 11.1. The van der Waals surface area contributed by atoms with E-state index in [9.17, 15) is 0 Å². The monoisotopic (exact) mass is 292 g/mol. The van der Waals surface area contributed by atoms with Gasteiger partial charge in [-0.2, -0.15) is 0 Å². The lowest BCUT2D eigenvalue weighted by molar-refractivity contribution is 0.721. The van der Waals surface area contributed by atoms with Crippen molar-refractivity contribution in [3.05, 3.63) is 52.7 Å². The summed E-state index contributed by atoms with van der Waals surface area (Å²) in [6, 6.07) is 10.0. The Labute approximate surface area is 123 Å². The van der Waals surface area contributed by atoms with E-state index in [4.69, 9.17) is 11.6 Å². The molecular weight excluding hydrogens is 276 g/mol. The van der Waals surface area contributed by atoms with Crippen LogP contribution in [0, 0.1) is 6.92 Å². The lowest BCUT2D eigenvalue weighted by Crippen LogP contribution is -2.12. The lowest BCUT2D eigenvalue weighted by Gasteiger charge is -2.08. The molecule has 4 heteroatoms. The van der Waals surface area contributed by atoms with E-state index in [1.54, 1.807) is 11.8 Å². The Morgan fingerprint density at radius 1 is 1.26 bits per heavy atom. The highest BCUT2D eigenvalue weighted by atomic mass is 35.5. The second kappa shape index (κ2) is 6.94. The van der Waals surface area contributed by atoms with Gasteiger partial charge in [0.25, 0.3) is 0 Å². The largest absolute Gasteiger partial charge is 0.313 e. The Kier molecular flexibility index (Phi) is 5.25. The first-order valence-corrected chi connectivity index (χ1v) is 7.48. The first kappa shape index (κ1) is 14.4. The smallest absolute Gasteiger partial charge is 0.104 e. The lowest BCUT2D eigenvalue weighted by atomic mass is 10.2. The highest BCUT2D eigenvalue weighted by molar-refractivity contribution is 7.99. The molecule has 100 valence electrons. The summed E-state index contributed by atoms with van der Waals surface area (Å²) in [5.41, 5.74) is 2.43. The molecule has 0 bridgehead atoms. The molecule has 2 rings (SSSR count). The van der Waals surface area contributed by atoms with Crippen LogP contribution in [0.25, 0.3) is 0 Å². The third-order valence-corrected chi connectivity index (χ3v) is 4.07. The minimum Gasteiger partial charge on any atom is -0.313 e. The van der Waals surface area contributed by atoms with Crippen molar-refractivity contribution in [1.29, 1.82) is 0 Å². The highest BCUT2D eigenvalue weighted by Crippen LogP contribution is 2.29. The van der Waals surface area contributed by atoms with E-state index in [0.717, 1.165) is 28.0 Å². The summed E-state index contributed by atoms with van der Waals surface area (Å²) >= 11 is 7.55. The number of nitrogens with one attached hydrogen (secondary N) is 1. The van der Waals surface area contributed by atoms with Crippen molar-refractivity contribution in [2.45, 2.75) is 30.3 Å². The van der Waals surface area contributed by atoms with Gasteiger partial charge in [-0.1, -0.05) is 36.4 Å². The molecule has 0 spiro atoms. The Morgan fingerprint density at radius 2 is 2.00 bits per heavy atom. The highest BCUT2D eigenvalue weighted by Gasteiger charge is 2.04. The van der Waals surface area contributed by atoms with Gasteiger partial charge in [0.1, 0.15) is 5.03 Å². The van der Waals surface area contributed by atoms with Gasteiger partial charge in [-0.3, -0.25) is 0 Å². The fourth-order valence-electron chi connectivity index (χ4n) is 1.71. The molecule has 1 aromatic carbocycles. The van der Waals surface area contributed by atoms with Gasteiger partial charge < -0.3 is 5.32 Å². The minimum absolute atomic E-state index is 0.759. The summed E-state index contributed by atoms with van der Waals surface area (Å²) in [5, 5.41) is 5.11. The van der Waals surface area contributed by atoms with Crippen molar-refractivity contribution in [1.82, 2.24) is 10.3 Å². The second-order valence-corrected chi connectivity index (χ2v) is 5.80. The van der Waals surface area contributed by atoms with Crippen molar-refractivity contribution in [2.24, 2.45) is 0 Å². The topological polar surface area (TPSA) is 24.9 Å². The van der Waals surface area contributed by atoms with Crippen molar-refractivity contribution in [3.8, 4) is 0 Å². The van der Waals surface area contributed by atoms with Gasteiger partial charge in [-0.25, -0.2) is 4.98 Å². The van der Waals surface area contributed by atoms with Crippen LogP contribution in [-0.2, 0) is 6.54 Å². The van der Waals surface area contributed by atoms with E-state index < -0.39 is 0 Å². The first-order chi connectivity index (χ1) is 9.19. The summed E-state index contributed by atoms with van der Waals surface area (Å²) in [6.45, 7) is 6.04. The Balaban J connectivity index is 2.10. The minimum atomic E-state index is 0.759. The van der Waals surface area contributed by atoms with E-state index in [0.29, 0.717) is 0 Å². The Bertz CT molecular complexity index is 540. The zero-order chi connectivity index (χ0) is 13.7. The molecule has 0 saturated heterocycles. The van der Waals surface area contributed by atoms with Gasteiger partial charge >= 0.3 is 0 Å². The molecule has 0 saturated carbocycles. The summed E-state index contributed by atoms with van der Waals surface area (Å²) < 4.78 is 0. The number of benzene rings is 1. The normalized spacial score (nSPS) is 10.7. The SMILES string of the molecule is CCNCc1cnc(Sc2ccc(Cl)cc2)c(C)c1. The van der Waals surface area contributed by atoms with E-state index in [1.807, 2.05) is 30.5 Å². The van der Waals surface area contributed by atoms with Gasteiger partial charge in [-0.05, 0) is 48.9 Å². The second-order valence-electron chi connectivity index (χ2n) is 4.30. The van der Waals surface area contributed by atoms with Crippen LogP contribution in [0.5, 0.6) is 0 Å². The number of nitrogens with zero attached hydrogens (tertiary/aromatic N) is 1. The summed E-state index contributed by atoms with van der Waals surface area (Å²) in [7, 11) is 0. The van der Waals surface area contributed by atoms with Gasteiger partial charge in [-0.15, -0.1) is 0 Å². The molecule has 0 atom stereocenters. The van der Waals surface area contributed by atoms with Crippen LogP contribution in [0.1, 0.15) is 18.1 Å². The molecule has 0 aliphatic rings. The number of pyridine rings is 1. The van der Waals surface area contributed by atoms with Gasteiger partial charge in [0.15, 0.2) is 0 Å². The van der Waals surface area contributed by atoms with E-state index in [-0.39, 0.29) is 0 Å². The average Bonchev–Trinajstić information content (AvgIpc) is 2.41. The molecule has 0 aliphatic heterocycles. The van der Waals surface area contributed by atoms with Crippen LogP contribution in [0.2, 0.25) is 5.02 Å². The standard InChI is InChI=1S/C15H17ClN2S/c1-3-17-9-12-8-11(2)15(18-10-12)19-14-6-4-13(16)5-7-14/h4-8,10,17H,3,9H2,1-2H3. The van der Waals surface area contributed by atoms with Crippen LogP contribution in [0.15, 0.2) is 46.5 Å². The van der Waals surface area contributed by atoms with Crippen LogP contribution in [-0.4, -0.2) is 11.5 Å². The molecule has 0 aliphatic carbocycles. The first-order valence-electron chi connectivity index (χ1n) is 6.28. The number of hydrogen-bond acceptors (Lipinski definition) is 3. The van der Waals surface area contributed by atoms with Gasteiger partial charge in [0, 0.05) is 22.7 Å².